The average molecular weight is 435 g/mol. The third kappa shape index (κ3) is 3.30. The molecule has 2 N–H and O–H groups in total. The van der Waals surface area contributed by atoms with Gasteiger partial charge in [0.05, 0.1) is 16.5 Å². The monoisotopic (exact) mass is 434 g/mol. The topological polar surface area (TPSA) is 88.5 Å². The van der Waals surface area contributed by atoms with E-state index in [4.69, 9.17) is 11.6 Å². The van der Waals surface area contributed by atoms with Crippen LogP contribution in [0.25, 0.3) is 27.6 Å². The number of anilines is 1. The van der Waals surface area contributed by atoms with Crippen LogP contribution in [0.5, 0.6) is 0 Å². The summed E-state index contributed by atoms with van der Waals surface area (Å²) in [6.45, 7) is 1.89. The van der Waals surface area contributed by atoms with Crippen LogP contribution in [-0.2, 0) is 0 Å². The molecule has 5 rings (SSSR count). The number of aromatic nitrogens is 5. The van der Waals surface area contributed by atoms with Gasteiger partial charge in [0.2, 0.25) is 0 Å². The summed E-state index contributed by atoms with van der Waals surface area (Å²) < 4.78 is 15.2. The number of hydrogen-bond donors (Lipinski definition) is 2. The van der Waals surface area contributed by atoms with Crippen molar-refractivity contribution in [2.75, 3.05) is 5.32 Å². The Morgan fingerprint density at radius 2 is 1.94 bits per heavy atom. The largest absolute Gasteiger partial charge is 0.360 e. The molecule has 31 heavy (non-hydrogen) atoms. The Morgan fingerprint density at radius 3 is 2.74 bits per heavy atom. The van der Waals surface area contributed by atoms with Crippen LogP contribution in [0.15, 0.2) is 65.7 Å². The molecule has 1 atom stereocenters. The first kappa shape index (κ1) is 19.2. The molecule has 0 amide bonds. The molecule has 0 aliphatic rings. The van der Waals surface area contributed by atoms with Crippen molar-refractivity contribution in [3.8, 4) is 5.69 Å². The Morgan fingerprint density at radius 1 is 1.13 bits per heavy atom. The molecule has 7 nitrogen and oxygen atoms in total. The Kier molecular flexibility index (Phi) is 4.63. The molecule has 3 heterocycles. The molecule has 154 valence electrons. The number of fused-ring (bicyclic) bond motifs is 2. The molecule has 2 aromatic carbocycles. The summed E-state index contributed by atoms with van der Waals surface area (Å²) >= 11 is 6.36. The number of imidazole rings is 1. The third-order valence-corrected chi connectivity index (χ3v) is 5.41. The van der Waals surface area contributed by atoms with Gasteiger partial charge in [-0.15, -0.1) is 0 Å². The van der Waals surface area contributed by atoms with Crippen molar-refractivity contribution >= 4 is 39.4 Å². The number of rotatable bonds is 4. The van der Waals surface area contributed by atoms with Crippen molar-refractivity contribution < 1.29 is 4.39 Å². The van der Waals surface area contributed by atoms with E-state index in [0.29, 0.717) is 33.1 Å². The molecule has 0 fully saturated rings. The molecule has 0 bridgehead atoms. The molecule has 9 heteroatoms. The number of benzene rings is 2. The third-order valence-electron chi connectivity index (χ3n) is 5.10. The van der Waals surface area contributed by atoms with Crippen molar-refractivity contribution in [1.82, 2.24) is 24.5 Å². The van der Waals surface area contributed by atoms with Crippen LogP contribution >= 0.6 is 11.6 Å². The molecular weight excluding hydrogens is 419 g/mol. The van der Waals surface area contributed by atoms with Gasteiger partial charge in [0, 0.05) is 11.4 Å². The molecule has 0 spiro atoms. The normalized spacial score (nSPS) is 12.4. The summed E-state index contributed by atoms with van der Waals surface area (Å²) in [4.78, 5) is 27.9. The first-order valence-corrected chi connectivity index (χ1v) is 9.93. The lowest BCUT2D eigenvalue weighted by Crippen LogP contribution is -2.25. The summed E-state index contributed by atoms with van der Waals surface area (Å²) in [5.41, 5.74) is 1.74. The van der Waals surface area contributed by atoms with Gasteiger partial charge in [-0.1, -0.05) is 41.9 Å². The molecule has 1 unspecified atom stereocenters. The number of para-hydroxylation sites is 1. The fourth-order valence-corrected chi connectivity index (χ4v) is 3.95. The van der Waals surface area contributed by atoms with E-state index in [1.54, 1.807) is 16.7 Å². The number of H-pyrrole nitrogens is 1. The number of halogens is 2. The van der Waals surface area contributed by atoms with E-state index in [2.05, 4.69) is 25.3 Å². The number of pyridine rings is 1. The van der Waals surface area contributed by atoms with Crippen LogP contribution in [0.1, 0.15) is 18.7 Å². The molecule has 0 aliphatic carbocycles. The maximum absolute atomic E-state index is 13.6. The van der Waals surface area contributed by atoms with E-state index < -0.39 is 6.08 Å². The molecule has 5 aromatic rings. The molecular formula is C22H16ClFN6O. The Labute approximate surface area is 180 Å². The van der Waals surface area contributed by atoms with Crippen molar-refractivity contribution in [3.05, 3.63) is 88.1 Å². The van der Waals surface area contributed by atoms with Gasteiger partial charge in [0.15, 0.2) is 11.5 Å². The van der Waals surface area contributed by atoms with Gasteiger partial charge in [-0.3, -0.25) is 9.36 Å². The van der Waals surface area contributed by atoms with Crippen LogP contribution < -0.4 is 10.9 Å². The van der Waals surface area contributed by atoms with Gasteiger partial charge in [-0.05, 0) is 36.6 Å². The Hall–Kier alpha value is -3.78. The van der Waals surface area contributed by atoms with Crippen LogP contribution in [0, 0.1) is 6.08 Å². The quantitative estimate of drug-likeness (QED) is 0.403. The maximum Gasteiger partial charge on any atom is 0.289 e. The molecule has 0 saturated carbocycles. The van der Waals surface area contributed by atoms with Gasteiger partial charge in [0.25, 0.3) is 11.6 Å². The molecule has 0 aliphatic heterocycles. The van der Waals surface area contributed by atoms with Crippen molar-refractivity contribution in [1.29, 1.82) is 0 Å². The number of aromatic amines is 1. The zero-order valence-electron chi connectivity index (χ0n) is 16.3. The number of nitrogens with one attached hydrogen (secondary N) is 2. The van der Waals surface area contributed by atoms with E-state index >= 15 is 0 Å². The Bertz CT molecular complexity index is 1480. The molecule has 3 aromatic heterocycles. The summed E-state index contributed by atoms with van der Waals surface area (Å²) in [5.74, 6) is 0.382. The minimum atomic E-state index is -0.743. The molecule has 0 saturated heterocycles. The average Bonchev–Trinajstić information content (AvgIpc) is 3.15. The SMILES string of the molecule is CC(Nc1ncnc2nc(F)[nH]c12)c1cc2cccc(Cl)c2c(=O)n1-c1ccccc1. The van der Waals surface area contributed by atoms with E-state index in [1.807, 2.05) is 49.4 Å². The zero-order chi connectivity index (χ0) is 21.5. The lowest BCUT2D eigenvalue weighted by molar-refractivity contribution is 0.556. The highest BCUT2D eigenvalue weighted by atomic mass is 35.5. The number of nitrogens with zero attached hydrogens (tertiary/aromatic N) is 4. The van der Waals surface area contributed by atoms with E-state index in [-0.39, 0.29) is 17.2 Å². The summed E-state index contributed by atoms with van der Waals surface area (Å²) in [6, 6.07) is 16.2. The fraction of sp³-hybridized carbons (Fsp3) is 0.0909. The zero-order valence-corrected chi connectivity index (χ0v) is 17.1. The lowest BCUT2D eigenvalue weighted by Gasteiger charge is -2.21. The minimum absolute atomic E-state index is 0.216. The predicted molar refractivity (Wildman–Crippen MR) is 118 cm³/mol. The summed E-state index contributed by atoms with van der Waals surface area (Å²) in [6.07, 6.45) is 0.565. The smallest absolute Gasteiger partial charge is 0.289 e. The van der Waals surface area contributed by atoms with Crippen LogP contribution in [0.2, 0.25) is 5.02 Å². The van der Waals surface area contributed by atoms with E-state index in [0.717, 1.165) is 5.39 Å². The highest BCUT2D eigenvalue weighted by Gasteiger charge is 2.19. The van der Waals surface area contributed by atoms with Crippen molar-refractivity contribution in [3.63, 3.8) is 0 Å². The summed E-state index contributed by atoms with van der Waals surface area (Å²) in [7, 11) is 0. The van der Waals surface area contributed by atoms with Crippen molar-refractivity contribution in [2.24, 2.45) is 0 Å². The molecule has 0 radical (unpaired) electrons. The first-order chi connectivity index (χ1) is 15.0. The van der Waals surface area contributed by atoms with Gasteiger partial charge in [-0.2, -0.15) is 9.37 Å². The second kappa shape index (κ2) is 7.48. The fourth-order valence-electron chi connectivity index (χ4n) is 3.69. The summed E-state index contributed by atoms with van der Waals surface area (Å²) in [5, 5.41) is 4.82. The minimum Gasteiger partial charge on any atom is -0.360 e. The van der Waals surface area contributed by atoms with E-state index in [1.165, 1.54) is 6.33 Å². The number of hydrogen-bond acceptors (Lipinski definition) is 5. The van der Waals surface area contributed by atoms with Crippen LogP contribution in [-0.4, -0.2) is 24.5 Å². The highest BCUT2D eigenvalue weighted by molar-refractivity contribution is 6.35. The second-order valence-corrected chi connectivity index (χ2v) is 7.47. The first-order valence-electron chi connectivity index (χ1n) is 9.55. The predicted octanol–water partition coefficient (Wildman–Crippen LogP) is 4.62. The van der Waals surface area contributed by atoms with Gasteiger partial charge in [-0.25, -0.2) is 9.97 Å². The van der Waals surface area contributed by atoms with Crippen LogP contribution in [0.3, 0.4) is 0 Å². The standard InChI is InChI=1S/C22H16ClFN6O/c1-12(27-19-18-20(26-11-25-19)29-22(24)28-18)16-10-13-6-5-9-15(23)17(13)21(31)30(16)14-7-3-2-4-8-14/h2-12H,1H3,(H2,25,26,27,28,29). The second-order valence-electron chi connectivity index (χ2n) is 7.06. The van der Waals surface area contributed by atoms with Gasteiger partial charge >= 0.3 is 0 Å². The van der Waals surface area contributed by atoms with Crippen molar-refractivity contribution in [2.45, 2.75) is 13.0 Å². The highest BCUT2D eigenvalue weighted by Crippen LogP contribution is 2.28. The van der Waals surface area contributed by atoms with E-state index in [9.17, 15) is 9.18 Å². The van der Waals surface area contributed by atoms with Crippen LogP contribution in [0.4, 0.5) is 10.2 Å². The van der Waals surface area contributed by atoms with Gasteiger partial charge in [0.1, 0.15) is 11.8 Å². The maximum atomic E-state index is 13.6. The Balaban J connectivity index is 1.70. The lowest BCUT2D eigenvalue weighted by atomic mass is 10.1. The van der Waals surface area contributed by atoms with Gasteiger partial charge < -0.3 is 10.3 Å².